The van der Waals surface area contributed by atoms with Crippen molar-refractivity contribution in [3.05, 3.63) is 47.9 Å². The summed E-state index contributed by atoms with van der Waals surface area (Å²) in [5, 5.41) is 0. The van der Waals surface area contributed by atoms with Crippen molar-refractivity contribution in [3.63, 3.8) is 0 Å². The van der Waals surface area contributed by atoms with Crippen LogP contribution in [0.15, 0.2) is 45.7 Å². The first-order valence-corrected chi connectivity index (χ1v) is 8.75. The zero-order chi connectivity index (χ0) is 16.7. The number of aromatic nitrogens is 1. The van der Waals surface area contributed by atoms with E-state index in [-0.39, 0.29) is 18.2 Å². The molecule has 124 valence electrons. The van der Waals surface area contributed by atoms with E-state index in [0.29, 0.717) is 28.5 Å². The largest absolute Gasteiger partial charge is 0.454 e. The van der Waals surface area contributed by atoms with Crippen molar-refractivity contribution in [2.24, 2.45) is 0 Å². The fraction of sp³-hybridized carbons (Fsp3) is 0.188. The highest BCUT2D eigenvalue weighted by atomic mass is 32.2. The molecule has 24 heavy (non-hydrogen) atoms. The van der Waals surface area contributed by atoms with E-state index in [0.717, 1.165) is 5.56 Å². The highest BCUT2D eigenvalue weighted by Gasteiger charge is 2.17. The molecule has 0 unspecified atom stereocenters. The molecule has 0 radical (unpaired) electrons. The van der Waals surface area contributed by atoms with Gasteiger partial charge < -0.3 is 13.9 Å². The Morgan fingerprint density at radius 2 is 1.96 bits per heavy atom. The van der Waals surface area contributed by atoms with E-state index in [1.165, 1.54) is 12.1 Å². The van der Waals surface area contributed by atoms with Crippen molar-refractivity contribution in [3.8, 4) is 11.5 Å². The molecular formula is C16H14N2O5S. The number of fused-ring (bicyclic) bond motifs is 2. The lowest BCUT2D eigenvalue weighted by molar-refractivity contribution is 0.174. The van der Waals surface area contributed by atoms with Crippen molar-refractivity contribution in [2.75, 3.05) is 6.79 Å². The minimum absolute atomic E-state index is 0.143. The lowest BCUT2D eigenvalue weighted by Gasteiger charge is -2.07. The van der Waals surface area contributed by atoms with Crippen LogP contribution in [0.4, 0.5) is 0 Å². The Balaban J connectivity index is 1.55. The highest BCUT2D eigenvalue weighted by molar-refractivity contribution is 7.89. The Bertz CT molecular complexity index is 1030. The highest BCUT2D eigenvalue weighted by Crippen LogP contribution is 2.32. The maximum absolute atomic E-state index is 12.5. The zero-order valence-corrected chi connectivity index (χ0v) is 13.6. The summed E-state index contributed by atoms with van der Waals surface area (Å²) in [7, 11) is -3.66. The average Bonchev–Trinajstić information content (AvgIpc) is 3.16. The van der Waals surface area contributed by atoms with Crippen LogP contribution in [0.2, 0.25) is 0 Å². The standard InChI is InChI=1S/C16H14N2O5S/c1-10-18-13-7-12(3-5-14(13)23-10)24(19,20)17-8-11-2-4-15-16(6-11)22-9-21-15/h2-7,17H,8-9H2,1H3. The van der Waals surface area contributed by atoms with E-state index < -0.39 is 10.0 Å². The number of nitrogens with zero attached hydrogens (tertiary/aromatic N) is 1. The van der Waals surface area contributed by atoms with Gasteiger partial charge in [-0.2, -0.15) is 0 Å². The first kappa shape index (κ1) is 15.0. The molecule has 7 nitrogen and oxygen atoms in total. The van der Waals surface area contributed by atoms with Gasteiger partial charge in [-0.1, -0.05) is 6.07 Å². The normalized spacial score (nSPS) is 13.5. The SMILES string of the molecule is Cc1nc2cc(S(=O)(=O)NCc3ccc4c(c3)OCO4)ccc2o1. The van der Waals surface area contributed by atoms with E-state index in [1.54, 1.807) is 31.2 Å². The van der Waals surface area contributed by atoms with Gasteiger partial charge in [0.1, 0.15) is 5.52 Å². The van der Waals surface area contributed by atoms with Crippen molar-refractivity contribution >= 4 is 21.1 Å². The number of sulfonamides is 1. The predicted molar refractivity (Wildman–Crippen MR) is 85.3 cm³/mol. The molecule has 2 aromatic carbocycles. The number of ether oxygens (including phenoxy) is 2. The van der Waals surface area contributed by atoms with Gasteiger partial charge >= 0.3 is 0 Å². The summed E-state index contributed by atoms with van der Waals surface area (Å²) < 4.78 is 43.4. The Labute approximate surface area is 138 Å². The Morgan fingerprint density at radius 1 is 1.12 bits per heavy atom. The van der Waals surface area contributed by atoms with Gasteiger partial charge in [-0.3, -0.25) is 0 Å². The summed E-state index contributed by atoms with van der Waals surface area (Å²) in [6, 6.07) is 9.90. The summed E-state index contributed by atoms with van der Waals surface area (Å²) in [6.07, 6.45) is 0. The molecule has 0 atom stereocenters. The molecule has 1 aliphatic heterocycles. The maximum Gasteiger partial charge on any atom is 0.240 e. The Hall–Kier alpha value is -2.58. The van der Waals surface area contributed by atoms with E-state index in [9.17, 15) is 8.42 Å². The minimum Gasteiger partial charge on any atom is -0.454 e. The van der Waals surface area contributed by atoms with Crippen LogP contribution < -0.4 is 14.2 Å². The number of oxazole rings is 1. The molecule has 0 saturated heterocycles. The van der Waals surface area contributed by atoms with E-state index in [2.05, 4.69) is 9.71 Å². The number of rotatable bonds is 4. The van der Waals surface area contributed by atoms with E-state index in [1.807, 2.05) is 0 Å². The molecule has 2 heterocycles. The average molecular weight is 346 g/mol. The van der Waals surface area contributed by atoms with Gasteiger partial charge in [0, 0.05) is 13.5 Å². The first-order valence-electron chi connectivity index (χ1n) is 7.27. The number of benzene rings is 2. The van der Waals surface area contributed by atoms with Crippen LogP contribution in [-0.4, -0.2) is 20.2 Å². The van der Waals surface area contributed by atoms with Crippen molar-refractivity contribution in [1.82, 2.24) is 9.71 Å². The fourth-order valence-electron chi connectivity index (χ4n) is 2.50. The lowest BCUT2D eigenvalue weighted by atomic mass is 10.2. The van der Waals surface area contributed by atoms with Crippen LogP contribution in [0, 0.1) is 6.92 Å². The zero-order valence-electron chi connectivity index (χ0n) is 12.8. The summed E-state index contributed by atoms with van der Waals surface area (Å²) >= 11 is 0. The van der Waals surface area contributed by atoms with Crippen molar-refractivity contribution in [1.29, 1.82) is 0 Å². The molecule has 0 bridgehead atoms. The number of hydrogen-bond donors (Lipinski definition) is 1. The molecular weight excluding hydrogens is 332 g/mol. The monoisotopic (exact) mass is 346 g/mol. The van der Waals surface area contributed by atoms with Gasteiger partial charge in [-0.05, 0) is 35.9 Å². The second-order valence-corrected chi connectivity index (χ2v) is 7.14. The molecule has 1 N–H and O–H groups in total. The quantitative estimate of drug-likeness (QED) is 0.780. The van der Waals surface area contributed by atoms with Gasteiger partial charge in [0.2, 0.25) is 16.8 Å². The van der Waals surface area contributed by atoms with Crippen molar-refractivity contribution < 1.29 is 22.3 Å². The van der Waals surface area contributed by atoms with E-state index in [4.69, 9.17) is 13.9 Å². The fourth-order valence-corrected chi connectivity index (χ4v) is 3.54. The summed E-state index contributed by atoms with van der Waals surface area (Å²) in [4.78, 5) is 4.30. The third-order valence-corrected chi connectivity index (χ3v) is 5.08. The van der Waals surface area contributed by atoms with Gasteiger partial charge in [0.15, 0.2) is 23.0 Å². The van der Waals surface area contributed by atoms with Gasteiger partial charge in [-0.25, -0.2) is 18.1 Å². The molecule has 3 aromatic rings. The molecule has 4 rings (SSSR count). The topological polar surface area (TPSA) is 90.7 Å². The van der Waals surface area contributed by atoms with E-state index >= 15 is 0 Å². The van der Waals surface area contributed by atoms with Crippen LogP contribution in [0.3, 0.4) is 0 Å². The van der Waals surface area contributed by atoms with Gasteiger partial charge in [0.05, 0.1) is 4.90 Å². The van der Waals surface area contributed by atoms with Gasteiger partial charge in [0.25, 0.3) is 0 Å². The molecule has 1 aliphatic rings. The van der Waals surface area contributed by atoms with Crippen LogP contribution in [0.1, 0.15) is 11.5 Å². The number of hydrogen-bond acceptors (Lipinski definition) is 6. The summed E-state index contributed by atoms with van der Waals surface area (Å²) in [5.41, 5.74) is 1.85. The smallest absolute Gasteiger partial charge is 0.240 e. The molecule has 0 aliphatic carbocycles. The molecule has 0 amide bonds. The van der Waals surface area contributed by atoms with Crippen molar-refractivity contribution in [2.45, 2.75) is 18.4 Å². The number of aryl methyl sites for hydroxylation is 1. The molecule has 1 aromatic heterocycles. The minimum atomic E-state index is -3.66. The third-order valence-electron chi connectivity index (χ3n) is 3.68. The Kier molecular flexibility index (Phi) is 3.43. The number of nitrogens with one attached hydrogen (secondary N) is 1. The second-order valence-electron chi connectivity index (χ2n) is 5.37. The first-order chi connectivity index (χ1) is 11.5. The second kappa shape index (κ2) is 5.50. The van der Waals surface area contributed by atoms with Crippen LogP contribution in [0.5, 0.6) is 11.5 Å². The van der Waals surface area contributed by atoms with Crippen LogP contribution in [-0.2, 0) is 16.6 Å². The molecule has 0 saturated carbocycles. The van der Waals surface area contributed by atoms with Gasteiger partial charge in [-0.15, -0.1) is 0 Å². The summed E-state index contributed by atoms with van der Waals surface area (Å²) in [6.45, 7) is 2.04. The molecule has 0 fully saturated rings. The lowest BCUT2D eigenvalue weighted by Crippen LogP contribution is -2.23. The molecule has 0 spiro atoms. The van der Waals surface area contributed by atoms with Crippen LogP contribution in [0.25, 0.3) is 11.1 Å². The molecule has 8 heteroatoms. The maximum atomic E-state index is 12.5. The summed E-state index contributed by atoms with van der Waals surface area (Å²) in [5.74, 6) is 1.77. The van der Waals surface area contributed by atoms with Crippen LogP contribution >= 0.6 is 0 Å². The predicted octanol–water partition coefficient (Wildman–Crippen LogP) is 2.34. The Morgan fingerprint density at radius 3 is 2.83 bits per heavy atom. The third kappa shape index (κ3) is 2.70.